The van der Waals surface area contributed by atoms with E-state index >= 15 is 0 Å². The fourth-order valence-electron chi connectivity index (χ4n) is 1.67. The van der Waals surface area contributed by atoms with Gasteiger partial charge in [-0.1, -0.05) is 6.92 Å². The average molecular weight is 235 g/mol. The number of hydrogen-bond donors (Lipinski definition) is 1. The van der Waals surface area contributed by atoms with Gasteiger partial charge in [-0.2, -0.15) is 0 Å². The number of anilines is 1. The third-order valence-electron chi connectivity index (χ3n) is 2.41. The molecule has 0 fully saturated rings. The number of aromatic nitrogens is 2. The maximum Gasteiger partial charge on any atom is 0.224 e. The Hall–Kier alpha value is -1.91. The zero-order valence-corrected chi connectivity index (χ0v) is 9.83. The van der Waals surface area contributed by atoms with Gasteiger partial charge in [-0.25, -0.2) is 9.37 Å². The molecule has 0 radical (unpaired) electrons. The van der Waals surface area contributed by atoms with Crippen molar-refractivity contribution in [3.8, 4) is 0 Å². The van der Waals surface area contributed by atoms with Gasteiger partial charge in [-0.15, -0.1) is 0 Å². The van der Waals surface area contributed by atoms with Gasteiger partial charge in [0.25, 0.3) is 0 Å². The fourth-order valence-corrected chi connectivity index (χ4v) is 1.67. The van der Waals surface area contributed by atoms with Crippen molar-refractivity contribution in [3.05, 3.63) is 30.0 Å². The van der Waals surface area contributed by atoms with Crippen LogP contribution in [0.4, 0.5) is 10.1 Å². The molecule has 2 rings (SSSR count). The molecule has 0 aliphatic heterocycles. The summed E-state index contributed by atoms with van der Waals surface area (Å²) in [5.74, 6) is -0.643. The molecule has 2 aromatic heterocycles. The minimum absolute atomic E-state index is 0.178. The fraction of sp³-hybridized carbons (Fsp3) is 0.333. The van der Waals surface area contributed by atoms with Crippen LogP contribution in [0.1, 0.15) is 25.5 Å². The van der Waals surface area contributed by atoms with Crippen LogP contribution in [-0.2, 0) is 4.79 Å². The number of aryl methyl sites for hydroxylation is 1. The predicted molar refractivity (Wildman–Crippen MR) is 63.4 cm³/mol. The summed E-state index contributed by atoms with van der Waals surface area (Å²) >= 11 is 0. The Bertz CT molecular complexity index is 562. The Morgan fingerprint density at radius 3 is 3.00 bits per heavy atom. The van der Waals surface area contributed by atoms with Crippen molar-refractivity contribution in [2.75, 3.05) is 5.32 Å². The van der Waals surface area contributed by atoms with Crippen molar-refractivity contribution in [2.24, 2.45) is 0 Å². The summed E-state index contributed by atoms with van der Waals surface area (Å²) < 4.78 is 15.4. The first-order valence-electron chi connectivity index (χ1n) is 5.55. The molecule has 2 heterocycles. The molecule has 0 aliphatic rings. The van der Waals surface area contributed by atoms with Gasteiger partial charge in [-0.05, 0) is 13.3 Å². The molecule has 0 bridgehead atoms. The van der Waals surface area contributed by atoms with Crippen LogP contribution in [0.25, 0.3) is 5.65 Å². The zero-order valence-electron chi connectivity index (χ0n) is 9.83. The number of hydrogen-bond acceptors (Lipinski definition) is 2. The minimum Gasteiger partial charge on any atom is -0.322 e. The Labute approximate surface area is 98.5 Å². The van der Waals surface area contributed by atoms with Gasteiger partial charge < -0.3 is 9.72 Å². The van der Waals surface area contributed by atoms with Crippen LogP contribution in [-0.4, -0.2) is 15.3 Å². The van der Waals surface area contributed by atoms with Crippen molar-refractivity contribution in [1.29, 1.82) is 0 Å². The van der Waals surface area contributed by atoms with Crippen LogP contribution in [0.5, 0.6) is 0 Å². The number of imidazole rings is 1. The van der Waals surface area contributed by atoms with Crippen molar-refractivity contribution < 1.29 is 9.18 Å². The highest BCUT2D eigenvalue weighted by Crippen LogP contribution is 2.17. The molecular formula is C12H14FN3O. The zero-order chi connectivity index (χ0) is 12.4. The molecule has 0 unspecified atom stereocenters. The van der Waals surface area contributed by atoms with Gasteiger partial charge in [0, 0.05) is 24.9 Å². The lowest BCUT2D eigenvalue weighted by molar-refractivity contribution is -0.116. The van der Waals surface area contributed by atoms with Gasteiger partial charge in [0.2, 0.25) is 5.91 Å². The topological polar surface area (TPSA) is 46.4 Å². The largest absolute Gasteiger partial charge is 0.322 e. The van der Waals surface area contributed by atoms with E-state index in [4.69, 9.17) is 0 Å². The van der Waals surface area contributed by atoms with Crippen LogP contribution < -0.4 is 5.32 Å². The van der Waals surface area contributed by atoms with E-state index in [1.165, 1.54) is 12.3 Å². The first-order chi connectivity index (χ1) is 8.10. The van der Waals surface area contributed by atoms with E-state index in [9.17, 15) is 9.18 Å². The number of carbonyl (C=O) groups is 1. The van der Waals surface area contributed by atoms with E-state index in [2.05, 4.69) is 10.3 Å². The molecule has 90 valence electrons. The third-order valence-corrected chi connectivity index (χ3v) is 2.41. The molecule has 0 aliphatic carbocycles. The highest BCUT2D eigenvalue weighted by molar-refractivity contribution is 5.90. The van der Waals surface area contributed by atoms with E-state index < -0.39 is 5.82 Å². The average Bonchev–Trinajstić information content (AvgIpc) is 2.58. The van der Waals surface area contributed by atoms with Crippen molar-refractivity contribution in [3.63, 3.8) is 0 Å². The molecule has 5 heteroatoms. The van der Waals surface area contributed by atoms with Crippen LogP contribution in [0.3, 0.4) is 0 Å². The smallest absolute Gasteiger partial charge is 0.224 e. The normalized spacial score (nSPS) is 10.8. The monoisotopic (exact) mass is 235 g/mol. The number of amides is 1. The molecule has 4 nitrogen and oxygen atoms in total. The highest BCUT2D eigenvalue weighted by atomic mass is 19.1. The number of nitrogens with zero attached hydrogens (tertiary/aromatic N) is 2. The molecule has 0 atom stereocenters. The predicted octanol–water partition coefficient (Wildman–Crippen LogP) is 2.52. The second-order valence-corrected chi connectivity index (χ2v) is 3.98. The summed E-state index contributed by atoms with van der Waals surface area (Å²) in [6.07, 6.45) is 4.45. The van der Waals surface area contributed by atoms with E-state index in [1.54, 1.807) is 10.6 Å². The number of nitrogens with one attached hydrogen (secondary N) is 1. The van der Waals surface area contributed by atoms with Crippen molar-refractivity contribution >= 4 is 17.2 Å². The van der Waals surface area contributed by atoms with Gasteiger partial charge in [0.05, 0.1) is 11.4 Å². The summed E-state index contributed by atoms with van der Waals surface area (Å²) in [5, 5.41) is 2.55. The molecule has 17 heavy (non-hydrogen) atoms. The number of fused-ring (bicyclic) bond motifs is 1. The SMILES string of the molecule is CCCC(=O)Nc1cn2cc(C)nc2cc1F. The van der Waals surface area contributed by atoms with E-state index in [0.717, 1.165) is 12.1 Å². The van der Waals surface area contributed by atoms with Crippen LogP contribution in [0.15, 0.2) is 18.5 Å². The first-order valence-corrected chi connectivity index (χ1v) is 5.55. The molecule has 0 aromatic carbocycles. The molecule has 2 aromatic rings. The lowest BCUT2D eigenvalue weighted by Gasteiger charge is -2.06. The summed E-state index contributed by atoms with van der Waals surface area (Å²) in [5.41, 5.74) is 1.53. The molecule has 0 saturated carbocycles. The van der Waals surface area contributed by atoms with Crippen molar-refractivity contribution in [1.82, 2.24) is 9.38 Å². The van der Waals surface area contributed by atoms with Gasteiger partial charge in [0.1, 0.15) is 5.65 Å². The van der Waals surface area contributed by atoms with E-state index in [-0.39, 0.29) is 11.6 Å². The summed E-state index contributed by atoms with van der Waals surface area (Å²) in [4.78, 5) is 15.5. The number of halogens is 1. The molecule has 1 N–H and O–H groups in total. The van der Waals surface area contributed by atoms with E-state index in [0.29, 0.717) is 12.1 Å². The summed E-state index contributed by atoms with van der Waals surface area (Å²) in [6.45, 7) is 3.73. The molecule has 0 saturated heterocycles. The number of rotatable bonds is 3. The molecule has 1 amide bonds. The van der Waals surface area contributed by atoms with Crippen molar-refractivity contribution in [2.45, 2.75) is 26.7 Å². The molecular weight excluding hydrogens is 221 g/mol. The maximum atomic E-state index is 13.7. The Morgan fingerprint density at radius 1 is 1.53 bits per heavy atom. The summed E-state index contributed by atoms with van der Waals surface area (Å²) in [7, 11) is 0. The minimum atomic E-state index is -0.465. The highest BCUT2D eigenvalue weighted by Gasteiger charge is 2.09. The lowest BCUT2D eigenvalue weighted by Crippen LogP contribution is -2.12. The third kappa shape index (κ3) is 2.43. The Kier molecular flexibility index (Phi) is 3.08. The Balaban J connectivity index is 2.33. The van der Waals surface area contributed by atoms with Crippen LogP contribution in [0.2, 0.25) is 0 Å². The molecule has 0 spiro atoms. The van der Waals surface area contributed by atoms with E-state index in [1.807, 2.05) is 13.8 Å². The number of carbonyl (C=O) groups excluding carboxylic acids is 1. The summed E-state index contributed by atoms with van der Waals surface area (Å²) in [6, 6.07) is 1.31. The van der Waals surface area contributed by atoms with Gasteiger partial charge in [0.15, 0.2) is 5.82 Å². The second kappa shape index (κ2) is 4.53. The maximum absolute atomic E-state index is 13.7. The second-order valence-electron chi connectivity index (χ2n) is 3.98. The van der Waals surface area contributed by atoms with Crippen LogP contribution in [0, 0.1) is 12.7 Å². The van der Waals surface area contributed by atoms with Gasteiger partial charge in [-0.3, -0.25) is 4.79 Å². The van der Waals surface area contributed by atoms with Gasteiger partial charge >= 0.3 is 0 Å². The number of pyridine rings is 1. The first kappa shape index (κ1) is 11.6. The quantitative estimate of drug-likeness (QED) is 0.888. The van der Waals surface area contributed by atoms with Crippen LogP contribution >= 0.6 is 0 Å². The lowest BCUT2D eigenvalue weighted by atomic mass is 10.3. The Morgan fingerprint density at radius 2 is 2.29 bits per heavy atom. The standard InChI is InChI=1S/C12H14FN3O/c1-3-4-12(17)15-10-7-16-6-8(2)14-11(16)5-9(10)13/h5-7H,3-4H2,1-2H3,(H,15,17).